The number of amides is 2. The van der Waals surface area contributed by atoms with Crippen LogP contribution in [0.3, 0.4) is 0 Å². The Bertz CT molecular complexity index is 911. The van der Waals surface area contributed by atoms with Gasteiger partial charge in [-0.2, -0.15) is 0 Å². The Morgan fingerprint density at radius 3 is 2.93 bits per heavy atom. The molecule has 0 aliphatic carbocycles. The second kappa shape index (κ2) is 7.93. The van der Waals surface area contributed by atoms with E-state index in [9.17, 15) is 9.59 Å². The fourth-order valence-corrected chi connectivity index (χ4v) is 4.11. The Kier molecular flexibility index (Phi) is 5.37. The lowest BCUT2D eigenvalue weighted by atomic mass is 10.2. The minimum atomic E-state index is -0.234. The monoisotopic (exact) mass is 402 g/mol. The van der Waals surface area contributed by atoms with E-state index in [-0.39, 0.29) is 17.9 Å². The smallest absolute Gasteiger partial charge is 0.270 e. The summed E-state index contributed by atoms with van der Waals surface area (Å²) in [6.45, 7) is 4.58. The van der Waals surface area contributed by atoms with E-state index >= 15 is 0 Å². The number of halogens is 1. The summed E-state index contributed by atoms with van der Waals surface area (Å²) < 4.78 is 7.49. The van der Waals surface area contributed by atoms with Crippen molar-refractivity contribution in [2.75, 3.05) is 13.2 Å². The molecule has 0 radical (unpaired) electrons. The van der Waals surface area contributed by atoms with Gasteiger partial charge in [0.2, 0.25) is 0 Å². The van der Waals surface area contributed by atoms with Crippen molar-refractivity contribution < 1.29 is 14.3 Å². The highest BCUT2D eigenvalue weighted by Gasteiger charge is 2.31. The number of nitrogens with one attached hydrogen (secondary N) is 1. The summed E-state index contributed by atoms with van der Waals surface area (Å²) in [6, 6.07) is 3.70. The van der Waals surface area contributed by atoms with Crippen LogP contribution in [0.25, 0.3) is 0 Å². The summed E-state index contributed by atoms with van der Waals surface area (Å²) in [5.74, 6) is -0.242. The highest BCUT2D eigenvalue weighted by Crippen LogP contribution is 2.25. The average molecular weight is 403 g/mol. The molecule has 0 spiro atoms. The molecule has 1 saturated heterocycles. The molecule has 1 unspecified atom stereocenters. The van der Waals surface area contributed by atoms with Crippen LogP contribution < -0.4 is 5.32 Å². The van der Waals surface area contributed by atoms with E-state index in [2.05, 4.69) is 17.2 Å². The van der Waals surface area contributed by atoms with Gasteiger partial charge in [-0.05, 0) is 37.5 Å². The van der Waals surface area contributed by atoms with Crippen molar-refractivity contribution in [3.05, 3.63) is 52.1 Å². The standard InChI is InChI=1S/C20H23ClN4O3/c1-13-3-2-4-24(13)20(27)17-8-16(18-12-28-6-5-25(17)18)19(26)23-10-14-7-15(21)11-22-9-14/h7-9,11,13H,2-6,10,12H2,1H3,(H,23,26). The first-order valence-corrected chi connectivity index (χ1v) is 9.91. The van der Waals surface area contributed by atoms with Crippen molar-refractivity contribution in [2.24, 2.45) is 0 Å². The minimum absolute atomic E-state index is 0.00811. The number of hydrogen-bond acceptors (Lipinski definition) is 4. The van der Waals surface area contributed by atoms with Crippen molar-refractivity contribution >= 4 is 23.4 Å². The zero-order chi connectivity index (χ0) is 19.7. The maximum Gasteiger partial charge on any atom is 0.270 e. The Morgan fingerprint density at radius 1 is 1.32 bits per heavy atom. The second-order valence-corrected chi connectivity index (χ2v) is 7.71. The number of fused-ring (bicyclic) bond motifs is 1. The normalized spacial score (nSPS) is 18.8. The molecular formula is C20H23ClN4O3. The molecule has 4 rings (SSSR count). The van der Waals surface area contributed by atoms with E-state index in [0.29, 0.717) is 42.6 Å². The van der Waals surface area contributed by atoms with Crippen LogP contribution in [-0.2, 0) is 24.4 Å². The maximum absolute atomic E-state index is 13.1. The van der Waals surface area contributed by atoms with Crippen molar-refractivity contribution in [2.45, 2.75) is 45.5 Å². The molecule has 1 N–H and O–H groups in total. The van der Waals surface area contributed by atoms with Gasteiger partial charge in [0, 0.05) is 38.1 Å². The van der Waals surface area contributed by atoms with Crippen LogP contribution in [0.5, 0.6) is 0 Å². The number of carbonyl (C=O) groups excluding carboxylic acids is 2. The average Bonchev–Trinajstić information content (AvgIpc) is 3.29. The third-order valence-corrected chi connectivity index (χ3v) is 5.61. The molecule has 4 heterocycles. The van der Waals surface area contributed by atoms with Crippen LogP contribution in [-0.4, -0.2) is 45.5 Å². The molecule has 2 aromatic heterocycles. The summed E-state index contributed by atoms with van der Waals surface area (Å²) in [5.41, 5.74) is 2.63. The van der Waals surface area contributed by atoms with Crippen LogP contribution in [0.1, 0.15) is 51.9 Å². The van der Waals surface area contributed by atoms with E-state index in [4.69, 9.17) is 16.3 Å². The number of nitrogens with zero attached hydrogens (tertiary/aromatic N) is 3. The van der Waals surface area contributed by atoms with E-state index in [1.807, 2.05) is 9.47 Å². The van der Waals surface area contributed by atoms with Gasteiger partial charge >= 0.3 is 0 Å². The molecule has 2 amide bonds. The summed E-state index contributed by atoms with van der Waals surface area (Å²) in [7, 11) is 0. The van der Waals surface area contributed by atoms with Crippen molar-refractivity contribution in [3.63, 3.8) is 0 Å². The molecule has 8 heteroatoms. The summed E-state index contributed by atoms with van der Waals surface area (Å²) >= 11 is 5.95. The van der Waals surface area contributed by atoms with Gasteiger partial charge in [-0.1, -0.05) is 11.6 Å². The van der Waals surface area contributed by atoms with Gasteiger partial charge in [0.1, 0.15) is 5.69 Å². The SMILES string of the molecule is CC1CCCN1C(=O)c1cc(C(=O)NCc2cncc(Cl)c2)c2n1CCOC2. The maximum atomic E-state index is 13.1. The summed E-state index contributed by atoms with van der Waals surface area (Å²) in [4.78, 5) is 31.9. The molecule has 1 fully saturated rings. The Labute approximate surface area is 168 Å². The van der Waals surface area contributed by atoms with Crippen molar-refractivity contribution in [1.82, 2.24) is 19.8 Å². The van der Waals surface area contributed by atoms with Crippen molar-refractivity contribution in [3.8, 4) is 0 Å². The molecule has 0 saturated carbocycles. The third-order valence-electron chi connectivity index (χ3n) is 5.40. The van der Waals surface area contributed by atoms with Gasteiger partial charge in [-0.15, -0.1) is 0 Å². The number of likely N-dealkylation sites (tertiary alicyclic amines) is 1. The molecule has 1 atom stereocenters. The predicted octanol–water partition coefficient (Wildman–Crippen LogP) is 2.62. The zero-order valence-corrected chi connectivity index (χ0v) is 16.5. The lowest BCUT2D eigenvalue weighted by Crippen LogP contribution is -2.35. The van der Waals surface area contributed by atoms with E-state index < -0.39 is 0 Å². The highest BCUT2D eigenvalue weighted by atomic mass is 35.5. The number of carbonyl (C=O) groups is 2. The topological polar surface area (TPSA) is 76.5 Å². The number of pyridine rings is 1. The van der Waals surface area contributed by atoms with Crippen LogP contribution in [0, 0.1) is 0 Å². The van der Waals surface area contributed by atoms with Crippen LogP contribution in [0.15, 0.2) is 24.5 Å². The van der Waals surface area contributed by atoms with E-state index in [1.54, 1.807) is 24.5 Å². The van der Waals surface area contributed by atoms with Crippen LogP contribution in [0.2, 0.25) is 5.02 Å². The van der Waals surface area contributed by atoms with E-state index in [1.165, 1.54) is 0 Å². The van der Waals surface area contributed by atoms with Gasteiger partial charge < -0.3 is 19.5 Å². The Hall–Kier alpha value is -2.38. The largest absolute Gasteiger partial charge is 0.373 e. The molecular weight excluding hydrogens is 380 g/mol. The molecule has 2 aliphatic heterocycles. The van der Waals surface area contributed by atoms with E-state index in [0.717, 1.165) is 30.6 Å². The number of ether oxygens (including phenoxy) is 1. The summed E-state index contributed by atoms with van der Waals surface area (Å²) in [6.07, 6.45) is 5.24. The first-order valence-electron chi connectivity index (χ1n) is 9.53. The lowest BCUT2D eigenvalue weighted by Gasteiger charge is -2.24. The molecule has 2 aliphatic rings. The van der Waals surface area contributed by atoms with Gasteiger partial charge in [0.25, 0.3) is 11.8 Å². The summed E-state index contributed by atoms with van der Waals surface area (Å²) in [5, 5.41) is 3.41. The first-order chi connectivity index (χ1) is 13.5. The lowest BCUT2D eigenvalue weighted by molar-refractivity contribution is 0.0684. The van der Waals surface area contributed by atoms with Gasteiger partial charge in [-0.25, -0.2) is 0 Å². The Morgan fingerprint density at radius 2 is 2.18 bits per heavy atom. The second-order valence-electron chi connectivity index (χ2n) is 7.28. The fraction of sp³-hybridized carbons (Fsp3) is 0.450. The predicted molar refractivity (Wildman–Crippen MR) is 104 cm³/mol. The molecule has 28 heavy (non-hydrogen) atoms. The fourth-order valence-electron chi connectivity index (χ4n) is 3.91. The van der Waals surface area contributed by atoms with Crippen molar-refractivity contribution in [1.29, 1.82) is 0 Å². The van der Waals surface area contributed by atoms with Gasteiger partial charge in [0.05, 0.1) is 29.5 Å². The first kappa shape index (κ1) is 19.0. The molecule has 7 nitrogen and oxygen atoms in total. The highest BCUT2D eigenvalue weighted by molar-refractivity contribution is 6.30. The van der Waals surface area contributed by atoms with Gasteiger partial charge in [-0.3, -0.25) is 14.6 Å². The Balaban J connectivity index is 1.57. The third kappa shape index (κ3) is 3.64. The number of aromatic nitrogens is 2. The number of rotatable bonds is 4. The quantitative estimate of drug-likeness (QED) is 0.852. The van der Waals surface area contributed by atoms with Crippen LogP contribution in [0.4, 0.5) is 0 Å². The molecule has 148 valence electrons. The minimum Gasteiger partial charge on any atom is -0.373 e. The van der Waals surface area contributed by atoms with Crippen LogP contribution >= 0.6 is 11.6 Å². The number of hydrogen-bond donors (Lipinski definition) is 1. The zero-order valence-electron chi connectivity index (χ0n) is 15.8. The molecule has 0 aromatic carbocycles. The van der Waals surface area contributed by atoms with Gasteiger partial charge in [0.15, 0.2) is 0 Å². The molecule has 0 bridgehead atoms. The molecule has 2 aromatic rings.